The number of nitrogen functional groups attached to an aromatic ring is 1. The number of hydrogen-bond acceptors (Lipinski definition) is 4. The molecular formula is C7H9BF2N2O2. The van der Waals surface area contributed by atoms with Gasteiger partial charge >= 0.3 is 7.12 Å². The Kier molecular flexibility index (Phi) is 3.40. The van der Waals surface area contributed by atoms with E-state index in [0.717, 1.165) is 6.07 Å². The van der Waals surface area contributed by atoms with Crippen molar-refractivity contribution in [1.82, 2.24) is 0 Å². The van der Waals surface area contributed by atoms with Crippen LogP contribution in [0.2, 0.25) is 0 Å². The molecule has 0 spiro atoms. The Bertz CT molecular complexity index is 296. The van der Waals surface area contributed by atoms with Crippen LogP contribution in [0.3, 0.4) is 0 Å². The zero-order valence-corrected chi connectivity index (χ0v) is 7.11. The van der Waals surface area contributed by atoms with Gasteiger partial charge in [0, 0.05) is 11.0 Å². The van der Waals surface area contributed by atoms with Crippen molar-refractivity contribution in [2.24, 2.45) is 5.84 Å². The Balaban J connectivity index is 3.25. The van der Waals surface area contributed by atoms with E-state index in [2.05, 4.69) is 0 Å². The topological polar surface area (TPSA) is 78.5 Å². The highest BCUT2D eigenvalue weighted by molar-refractivity contribution is 6.60. The molecule has 0 unspecified atom stereocenters. The highest BCUT2D eigenvalue weighted by atomic mass is 19.3. The van der Waals surface area contributed by atoms with Gasteiger partial charge in [0.1, 0.15) is 0 Å². The Hall–Kier alpha value is -1.18. The van der Waals surface area contributed by atoms with Gasteiger partial charge in [-0.15, -0.1) is 0 Å². The molecule has 0 bridgehead atoms. The Morgan fingerprint density at radius 2 is 2.00 bits per heavy atom. The summed E-state index contributed by atoms with van der Waals surface area (Å²) in [5, 5.41) is 17.7. The molecule has 1 rings (SSSR count). The van der Waals surface area contributed by atoms with Crippen molar-refractivity contribution in [2.75, 3.05) is 5.43 Å². The highest BCUT2D eigenvalue weighted by Crippen LogP contribution is 2.24. The smallest absolute Gasteiger partial charge is 0.423 e. The minimum Gasteiger partial charge on any atom is -0.423 e. The summed E-state index contributed by atoms with van der Waals surface area (Å²) in [5.41, 5.74) is 1.43. The van der Waals surface area contributed by atoms with Crippen molar-refractivity contribution >= 4 is 18.3 Å². The number of para-hydroxylation sites is 1. The van der Waals surface area contributed by atoms with E-state index in [4.69, 9.17) is 15.9 Å². The van der Waals surface area contributed by atoms with Crippen LogP contribution in [-0.2, 0) is 0 Å². The second-order valence-electron chi connectivity index (χ2n) is 2.63. The lowest BCUT2D eigenvalue weighted by molar-refractivity contribution is 0.152. The number of anilines is 1. The molecule has 0 amide bonds. The van der Waals surface area contributed by atoms with Gasteiger partial charge in [-0.1, -0.05) is 18.2 Å². The number of rotatable bonds is 3. The summed E-state index contributed by atoms with van der Waals surface area (Å²) in [6.45, 7) is 0. The van der Waals surface area contributed by atoms with Gasteiger partial charge in [0.25, 0.3) is 6.43 Å². The number of benzene rings is 1. The second-order valence-corrected chi connectivity index (χ2v) is 2.63. The molecule has 0 radical (unpaired) electrons. The van der Waals surface area contributed by atoms with E-state index in [-0.39, 0.29) is 16.7 Å². The number of hydrazine groups is 1. The van der Waals surface area contributed by atoms with Crippen molar-refractivity contribution in [3.8, 4) is 0 Å². The van der Waals surface area contributed by atoms with Gasteiger partial charge in [0.05, 0.1) is 5.69 Å². The average molecular weight is 202 g/mol. The largest absolute Gasteiger partial charge is 0.490 e. The van der Waals surface area contributed by atoms with Crippen LogP contribution in [0.25, 0.3) is 0 Å². The van der Waals surface area contributed by atoms with Crippen LogP contribution in [0, 0.1) is 0 Å². The van der Waals surface area contributed by atoms with Gasteiger partial charge < -0.3 is 15.5 Å². The van der Waals surface area contributed by atoms with E-state index < -0.39 is 13.5 Å². The lowest BCUT2D eigenvalue weighted by Gasteiger charge is -2.12. The fraction of sp³-hybridized carbons (Fsp3) is 0.143. The van der Waals surface area contributed by atoms with Crippen molar-refractivity contribution < 1.29 is 18.8 Å². The van der Waals surface area contributed by atoms with Crippen LogP contribution in [-0.4, -0.2) is 17.2 Å². The predicted molar refractivity (Wildman–Crippen MR) is 49.0 cm³/mol. The maximum atomic E-state index is 12.4. The Morgan fingerprint density at radius 3 is 2.43 bits per heavy atom. The molecule has 0 aliphatic rings. The number of halogens is 2. The minimum atomic E-state index is -2.72. The first kappa shape index (κ1) is 10.9. The molecule has 0 aliphatic heterocycles. The molecule has 4 nitrogen and oxygen atoms in total. The van der Waals surface area contributed by atoms with E-state index in [9.17, 15) is 8.78 Å². The fourth-order valence-electron chi connectivity index (χ4n) is 1.15. The summed E-state index contributed by atoms with van der Waals surface area (Å²) in [6.07, 6.45) is -2.72. The maximum absolute atomic E-state index is 12.4. The van der Waals surface area contributed by atoms with Gasteiger partial charge in [-0.2, -0.15) is 0 Å². The normalized spacial score (nSPS) is 10.4. The SMILES string of the molecule is NNc1c(B(O)O)cccc1C(F)F. The highest BCUT2D eigenvalue weighted by Gasteiger charge is 2.21. The molecule has 0 saturated carbocycles. The number of alkyl halides is 2. The van der Waals surface area contributed by atoms with Gasteiger partial charge in [-0.05, 0) is 0 Å². The monoisotopic (exact) mass is 202 g/mol. The summed E-state index contributed by atoms with van der Waals surface area (Å²) in [7, 11) is -1.83. The third-order valence-electron chi connectivity index (χ3n) is 1.79. The van der Waals surface area contributed by atoms with Crippen molar-refractivity contribution in [1.29, 1.82) is 0 Å². The Labute approximate surface area is 79.5 Å². The lowest BCUT2D eigenvalue weighted by Crippen LogP contribution is -2.34. The molecule has 76 valence electrons. The lowest BCUT2D eigenvalue weighted by atomic mass is 9.78. The van der Waals surface area contributed by atoms with Crippen LogP contribution in [0.4, 0.5) is 14.5 Å². The molecular weight excluding hydrogens is 193 g/mol. The molecule has 0 aliphatic carbocycles. The van der Waals surface area contributed by atoms with Gasteiger partial charge in [0.2, 0.25) is 0 Å². The first-order valence-corrected chi connectivity index (χ1v) is 3.81. The molecule has 0 atom stereocenters. The molecule has 14 heavy (non-hydrogen) atoms. The molecule has 5 N–H and O–H groups in total. The number of nitrogens with one attached hydrogen (secondary N) is 1. The summed E-state index contributed by atoms with van der Waals surface area (Å²) < 4.78 is 24.8. The number of hydrogen-bond donors (Lipinski definition) is 4. The van der Waals surface area contributed by atoms with Gasteiger partial charge in [-0.25, -0.2) is 8.78 Å². The first-order valence-electron chi connectivity index (χ1n) is 3.81. The zero-order valence-electron chi connectivity index (χ0n) is 7.11. The average Bonchev–Trinajstić information content (AvgIpc) is 2.16. The van der Waals surface area contributed by atoms with Crippen molar-refractivity contribution in [3.63, 3.8) is 0 Å². The summed E-state index contributed by atoms with van der Waals surface area (Å²) in [6, 6.07) is 3.76. The van der Waals surface area contributed by atoms with Crippen molar-refractivity contribution in [3.05, 3.63) is 23.8 Å². The number of nitrogens with two attached hydrogens (primary N) is 1. The minimum absolute atomic E-state index is 0.0784. The standard InChI is InChI=1S/C7H9BF2N2O2/c9-7(10)4-2-1-3-5(8(13)14)6(4)12-11/h1-3,7,12-14H,11H2. The van der Waals surface area contributed by atoms with E-state index in [1.807, 2.05) is 5.43 Å². The molecule has 7 heteroatoms. The molecule has 1 aromatic rings. The van der Waals surface area contributed by atoms with Gasteiger partial charge in [-0.3, -0.25) is 5.84 Å². The van der Waals surface area contributed by atoms with Gasteiger partial charge in [0.15, 0.2) is 0 Å². The summed E-state index contributed by atoms with van der Waals surface area (Å²) in [4.78, 5) is 0. The van der Waals surface area contributed by atoms with Crippen molar-refractivity contribution in [2.45, 2.75) is 6.43 Å². The molecule has 0 saturated heterocycles. The Morgan fingerprint density at radius 1 is 1.36 bits per heavy atom. The third kappa shape index (κ3) is 2.01. The molecule has 1 aromatic carbocycles. The van der Waals surface area contributed by atoms with Crippen LogP contribution in [0.1, 0.15) is 12.0 Å². The summed E-state index contributed by atoms with van der Waals surface area (Å²) >= 11 is 0. The van der Waals surface area contributed by atoms with Crippen LogP contribution in [0.5, 0.6) is 0 Å². The first-order chi connectivity index (χ1) is 6.57. The van der Waals surface area contributed by atoms with Crippen LogP contribution >= 0.6 is 0 Å². The van der Waals surface area contributed by atoms with E-state index in [1.165, 1.54) is 12.1 Å². The fourth-order valence-corrected chi connectivity index (χ4v) is 1.15. The van der Waals surface area contributed by atoms with E-state index >= 15 is 0 Å². The maximum Gasteiger partial charge on any atom is 0.490 e. The van der Waals surface area contributed by atoms with Crippen LogP contribution < -0.4 is 16.7 Å². The molecule has 0 aromatic heterocycles. The quantitative estimate of drug-likeness (QED) is 0.305. The van der Waals surface area contributed by atoms with E-state index in [1.54, 1.807) is 0 Å². The summed E-state index contributed by atoms with van der Waals surface area (Å²) in [5.74, 6) is 5.02. The van der Waals surface area contributed by atoms with Crippen LogP contribution in [0.15, 0.2) is 18.2 Å². The second kappa shape index (κ2) is 4.36. The zero-order chi connectivity index (χ0) is 10.7. The predicted octanol–water partition coefficient (Wildman–Crippen LogP) is -0.410. The molecule has 0 heterocycles. The molecule has 0 fully saturated rings. The third-order valence-corrected chi connectivity index (χ3v) is 1.79. The van der Waals surface area contributed by atoms with E-state index in [0.29, 0.717) is 0 Å².